The highest BCUT2D eigenvalue weighted by atomic mass is 32.1. The van der Waals surface area contributed by atoms with Crippen LogP contribution < -0.4 is 20.1 Å². The predicted octanol–water partition coefficient (Wildman–Crippen LogP) is 3.01. The molecule has 2 N–H and O–H groups in total. The lowest BCUT2D eigenvalue weighted by Crippen LogP contribution is -2.21. The molecule has 1 saturated heterocycles. The Labute approximate surface area is 151 Å². The summed E-state index contributed by atoms with van der Waals surface area (Å²) in [6, 6.07) is 15.5. The van der Waals surface area contributed by atoms with Crippen molar-refractivity contribution in [1.82, 2.24) is 10.6 Å². The van der Waals surface area contributed by atoms with Gasteiger partial charge in [-0.15, -0.1) is 0 Å². The van der Waals surface area contributed by atoms with E-state index in [0.29, 0.717) is 35.5 Å². The molecule has 0 aromatic heterocycles. The van der Waals surface area contributed by atoms with Crippen molar-refractivity contribution in [1.29, 1.82) is 0 Å². The van der Waals surface area contributed by atoms with Crippen molar-refractivity contribution in [3.63, 3.8) is 0 Å². The minimum atomic E-state index is -0.243. The predicted molar refractivity (Wildman–Crippen MR) is 100 cm³/mol. The molecule has 0 radical (unpaired) electrons. The first kappa shape index (κ1) is 17.0. The maximum atomic E-state index is 11.7. The van der Waals surface area contributed by atoms with Crippen LogP contribution in [0.15, 0.2) is 54.2 Å². The zero-order valence-electron chi connectivity index (χ0n) is 13.7. The van der Waals surface area contributed by atoms with Gasteiger partial charge in [-0.05, 0) is 48.5 Å². The van der Waals surface area contributed by atoms with Gasteiger partial charge in [0.1, 0.15) is 12.3 Å². The summed E-state index contributed by atoms with van der Waals surface area (Å²) < 4.78 is 11.6. The van der Waals surface area contributed by atoms with E-state index >= 15 is 0 Å². The number of carbonyl (C=O) groups excluding carboxylic acids is 1. The van der Waals surface area contributed by atoms with Crippen molar-refractivity contribution >= 4 is 29.3 Å². The monoisotopic (exact) mass is 354 g/mol. The molecule has 1 aliphatic heterocycles. The van der Waals surface area contributed by atoms with Crippen LogP contribution in [-0.2, 0) is 11.4 Å². The fourth-order valence-electron chi connectivity index (χ4n) is 2.39. The first-order valence-corrected chi connectivity index (χ1v) is 8.34. The van der Waals surface area contributed by atoms with E-state index < -0.39 is 0 Å². The number of benzene rings is 2. The zero-order chi connectivity index (χ0) is 17.6. The van der Waals surface area contributed by atoms with E-state index in [1.54, 1.807) is 6.08 Å². The van der Waals surface area contributed by atoms with Gasteiger partial charge in [-0.2, -0.15) is 0 Å². The molecular weight excluding hydrogens is 336 g/mol. The molecule has 3 rings (SSSR count). The number of rotatable bonds is 6. The average Bonchev–Trinajstić information content (AvgIpc) is 2.92. The van der Waals surface area contributed by atoms with Crippen LogP contribution in [0.4, 0.5) is 0 Å². The number of carbonyl (C=O) groups is 1. The summed E-state index contributed by atoms with van der Waals surface area (Å²) in [6.07, 6.45) is 1.72. The average molecular weight is 354 g/mol. The Morgan fingerprint density at radius 3 is 2.52 bits per heavy atom. The van der Waals surface area contributed by atoms with Gasteiger partial charge in [-0.25, -0.2) is 0 Å². The standard InChI is InChI=1S/C19H18N2O3S/c1-2-23-17-11-14(10-15-18(22)21-19(25)20-15)8-9-16(17)24-12-13-6-4-3-5-7-13/h3-11H,2,12H2,1H3,(H2,20,21,22,25)/b15-10+. The summed E-state index contributed by atoms with van der Waals surface area (Å²) in [5, 5.41) is 5.67. The quantitative estimate of drug-likeness (QED) is 0.617. The van der Waals surface area contributed by atoms with Gasteiger partial charge in [0.05, 0.1) is 6.61 Å². The van der Waals surface area contributed by atoms with Crippen LogP contribution in [0.2, 0.25) is 0 Å². The van der Waals surface area contributed by atoms with Gasteiger partial charge in [-0.3, -0.25) is 10.1 Å². The Morgan fingerprint density at radius 1 is 1.04 bits per heavy atom. The molecule has 0 atom stereocenters. The summed E-state index contributed by atoms with van der Waals surface area (Å²) in [4.78, 5) is 11.7. The smallest absolute Gasteiger partial charge is 0.273 e. The van der Waals surface area contributed by atoms with Crippen LogP contribution in [-0.4, -0.2) is 17.6 Å². The van der Waals surface area contributed by atoms with E-state index in [-0.39, 0.29) is 5.91 Å². The maximum Gasteiger partial charge on any atom is 0.273 e. The third kappa shape index (κ3) is 4.36. The van der Waals surface area contributed by atoms with Crippen molar-refractivity contribution < 1.29 is 14.3 Å². The number of nitrogens with one attached hydrogen (secondary N) is 2. The van der Waals surface area contributed by atoms with E-state index in [9.17, 15) is 4.79 Å². The van der Waals surface area contributed by atoms with Crippen LogP contribution in [0.5, 0.6) is 11.5 Å². The third-order valence-electron chi connectivity index (χ3n) is 3.54. The summed E-state index contributed by atoms with van der Waals surface area (Å²) >= 11 is 4.93. The number of hydrogen-bond acceptors (Lipinski definition) is 4. The van der Waals surface area contributed by atoms with Crippen molar-refractivity contribution in [3.8, 4) is 11.5 Å². The molecule has 2 aromatic rings. The molecule has 1 aliphatic rings. The molecule has 0 spiro atoms. The lowest BCUT2D eigenvalue weighted by atomic mass is 10.1. The molecular formula is C19H18N2O3S. The maximum absolute atomic E-state index is 11.7. The van der Waals surface area contributed by atoms with Crippen LogP contribution in [0.3, 0.4) is 0 Å². The van der Waals surface area contributed by atoms with E-state index in [4.69, 9.17) is 21.7 Å². The van der Waals surface area contributed by atoms with E-state index in [2.05, 4.69) is 10.6 Å². The molecule has 2 aromatic carbocycles. The topological polar surface area (TPSA) is 59.6 Å². The fourth-order valence-corrected chi connectivity index (χ4v) is 2.59. The van der Waals surface area contributed by atoms with Gasteiger partial charge >= 0.3 is 0 Å². The van der Waals surface area contributed by atoms with Crippen LogP contribution in [0.1, 0.15) is 18.1 Å². The number of thiocarbonyl (C=S) groups is 1. The van der Waals surface area contributed by atoms with Crippen molar-refractivity contribution in [2.24, 2.45) is 0 Å². The Morgan fingerprint density at radius 2 is 1.84 bits per heavy atom. The molecule has 1 fully saturated rings. The summed E-state index contributed by atoms with van der Waals surface area (Å²) in [6.45, 7) is 2.89. The molecule has 1 amide bonds. The van der Waals surface area contributed by atoms with Crippen molar-refractivity contribution in [3.05, 3.63) is 65.4 Å². The van der Waals surface area contributed by atoms with E-state index in [0.717, 1.165) is 11.1 Å². The van der Waals surface area contributed by atoms with Crippen molar-refractivity contribution in [2.45, 2.75) is 13.5 Å². The second kappa shape index (κ2) is 7.81. The summed E-state index contributed by atoms with van der Waals surface area (Å²) in [5.74, 6) is 1.05. The van der Waals surface area contributed by atoms with E-state index in [1.807, 2.05) is 55.5 Å². The van der Waals surface area contributed by atoms with Gasteiger partial charge in [0.2, 0.25) is 0 Å². The van der Waals surface area contributed by atoms with Crippen LogP contribution in [0.25, 0.3) is 6.08 Å². The summed E-state index contributed by atoms with van der Waals surface area (Å²) in [7, 11) is 0. The largest absolute Gasteiger partial charge is 0.490 e. The second-order valence-corrected chi connectivity index (χ2v) is 5.79. The number of ether oxygens (including phenoxy) is 2. The number of amides is 1. The first-order valence-electron chi connectivity index (χ1n) is 7.93. The molecule has 25 heavy (non-hydrogen) atoms. The molecule has 1 heterocycles. The Hall–Kier alpha value is -2.86. The normalized spacial score (nSPS) is 15.0. The Balaban J connectivity index is 1.79. The van der Waals surface area contributed by atoms with Gasteiger partial charge in [0.15, 0.2) is 16.6 Å². The highest BCUT2D eigenvalue weighted by Gasteiger charge is 2.20. The lowest BCUT2D eigenvalue weighted by Gasteiger charge is -2.13. The lowest BCUT2D eigenvalue weighted by molar-refractivity contribution is -0.115. The van der Waals surface area contributed by atoms with Gasteiger partial charge in [0.25, 0.3) is 5.91 Å². The first-order chi connectivity index (χ1) is 12.2. The van der Waals surface area contributed by atoms with Gasteiger partial charge in [0, 0.05) is 0 Å². The molecule has 5 nitrogen and oxygen atoms in total. The van der Waals surface area contributed by atoms with Crippen LogP contribution in [0, 0.1) is 0 Å². The molecule has 0 bridgehead atoms. The molecule has 0 saturated carbocycles. The Bertz CT molecular complexity index is 819. The number of hydrogen-bond donors (Lipinski definition) is 2. The fraction of sp³-hybridized carbons (Fsp3) is 0.158. The highest BCUT2D eigenvalue weighted by molar-refractivity contribution is 7.80. The SMILES string of the molecule is CCOc1cc(/C=C2/NC(=S)NC2=O)ccc1OCc1ccccc1. The Kier molecular flexibility index (Phi) is 5.30. The molecule has 0 aliphatic carbocycles. The third-order valence-corrected chi connectivity index (χ3v) is 3.74. The molecule has 6 heteroatoms. The molecule has 128 valence electrons. The van der Waals surface area contributed by atoms with Crippen LogP contribution >= 0.6 is 12.2 Å². The van der Waals surface area contributed by atoms with Crippen molar-refractivity contribution in [2.75, 3.05) is 6.61 Å². The molecule has 0 unspecified atom stereocenters. The summed E-state index contributed by atoms with van der Waals surface area (Å²) in [5.41, 5.74) is 2.31. The minimum Gasteiger partial charge on any atom is -0.490 e. The van der Waals surface area contributed by atoms with Gasteiger partial charge in [-0.1, -0.05) is 36.4 Å². The highest BCUT2D eigenvalue weighted by Crippen LogP contribution is 2.30. The van der Waals surface area contributed by atoms with E-state index in [1.165, 1.54) is 0 Å². The van der Waals surface area contributed by atoms with Gasteiger partial charge < -0.3 is 14.8 Å². The minimum absolute atomic E-state index is 0.243. The second-order valence-electron chi connectivity index (χ2n) is 5.38. The zero-order valence-corrected chi connectivity index (χ0v) is 14.6.